The van der Waals surface area contributed by atoms with Crippen LogP contribution >= 0.6 is 0 Å². The molecule has 0 saturated heterocycles. The van der Waals surface area contributed by atoms with Crippen molar-refractivity contribution in [2.75, 3.05) is 5.32 Å². The Kier molecular flexibility index (Phi) is 3.61. The minimum absolute atomic E-state index is 0.0208. The number of aryl methyl sites for hydroxylation is 1. The standard InChI is InChI=1S/C16H11F2N3O2/c1-21-16(23)11-5-3-2-4-10(11)14(20-21)15(22)19-9-6-7-12(17)13(18)8-9/h2-8H,1H3,(H,19,22). The van der Waals surface area contributed by atoms with Gasteiger partial charge in [-0.25, -0.2) is 13.5 Å². The molecule has 0 aliphatic carbocycles. The first-order valence-corrected chi connectivity index (χ1v) is 6.70. The smallest absolute Gasteiger partial charge is 0.276 e. The summed E-state index contributed by atoms with van der Waals surface area (Å²) in [7, 11) is 1.43. The SMILES string of the molecule is Cn1nc(C(=O)Nc2ccc(F)c(F)c2)c2ccccc2c1=O. The van der Waals surface area contributed by atoms with E-state index in [2.05, 4.69) is 10.4 Å². The first-order valence-electron chi connectivity index (χ1n) is 6.70. The molecule has 23 heavy (non-hydrogen) atoms. The number of rotatable bonds is 2. The molecule has 1 aromatic heterocycles. The Hall–Kier alpha value is -3.09. The van der Waals surface area contributed by atoms with E-state index in [1.807, 2.05) is 0 Å². The van der Waals surface area contributed by atoms with Gasteiger partial charge in [0.2, 0.25) is 0 Å². The van der Waals surface area contributed by atoms with Gasteiger partial charge in [-0.05, 0) is 18.2 Å². The Morgan fingerprint density at radius 3 is 2.48 bits per heavy atom. The van der Waals surface area contributed by atoms with Gasteiger partial charge in [0, 0.05) is 24.2 Å². The molecule has 0 aliphatic rings. The predicted molar refractivity (Wildman–Crippen MR) is 81.3 cm³/mol. The lowest BCUT2D eigenvalue weighted by Gasteiger charge is -2.09. The van der Waals surface area contributed by atoms with E-state index in [9.17, 15) is 18.4 Å². The highest BCUT2D eigenvalue weighted by Gasteiger charge is 2.16. The van der Waals surface area contributed by atoms with Gasteiger partial charge in [-0.2, -0.15) is 5.10 Å². The van der Waals surface area contributed by atoms with Crippen molar-refractivity contribution in [2.45, 2.75) is 0 Å². The Bertz CT molecular complexity index is 983. The second-order valence-electron chi connectivity index (χ2n) is 4.91. The van der Waals surface area contributed by atoms with Crippen LogP contribution in [0.25, 0.3) is 10.8 Å². The number of aromatic nitrogens is 2. The number of nitrogens with zero attached hydrogens (tertiary/aromatic N) is 2. The summed E-state index contributed by atoms with van der Waals surface area (Å²) in [6.45, 7) is 0. The monoisotopic (exact) mass is 315 g/mol. The fourth-order valence-corrected chi connectivity index (χ4v) is 2.23. The van der Waals surface area contributed by atoms with E-state index < -0.39 is 17.5 Å². The Labute approximate surface area is 129 Å². The molecular weight excluding hydrogens is 304 g/mol. The van der Waals surface area contributed by atoms with Crippen molar-refractivity contribution in [1.82, 2.24) is 9.78 Å². The molecule has 1 amide bonds. The average molecular weight is 315 g/mol. The molecule has 1 heterocycles. The lowest BCUT2D eigenvalue weighted by atomic mass is 10.1. The maximum Gasteiger partial charge on any atom is 0.276 e. The van der Waals surface area contributed by atoms with Crippen molar-refractivity contribution in [1.29, 1.82) is 0 Å². The highest BCUT2D eigenvalue weighted by molar-refractivity contribution is 6.11. The van der Waals surface area contributed by atoms with E-state index in [0.717, 1.165) is 16.8 Å². The molecule has 1 N–H and O–H groups in total. The lowest BCUT2D eigenvalue weighted by Crippen LogP contribution is -2.25. The number of hydrogen-bond acceptors (Lipinski definition) is 3. The predicted octanol–water partition coefficient (Wildman–Crippen LogP) is 2.46. The Balaban J connectivity index is 2.06. The van der Waals surface area contributed by atoms with Crippen molar-refractivity contribution in [3.8, 4) is 0 Å². The van der Waals surface area contributed by atoms with Crippen LogP contribution in [0.3, 0.4) is 0 Å². The largest absolute Gasteiger partial charge is 0.320 e. The second-order valence-corrected chi connectivity index (χ2v) is 4.91. The molecule has 0 unspecified atom stereocenters. The average Bonchev–Trinajstić information content (AvgIpc) is 2.54. The minimum atomic E-state index is -1.07. The van der Waals surface area contributed by atoms with Crippen LogP contribution in [-0.2, 0) is 7.05 Å². The van der Waals surface area contributed by atoms with Crippen molar-refractivity contribution < 1.29 is 13.6 Å². The molecule has 5 nitrogen and oxygen atoms in total. The van der Waals surface area contributed by atoms with Crippen LogP contribution in [0.4, 0.5) is 14.5 Å². The topological polar surface area (TPSA) is 64.0 Å². The normalized spacial score (nSPS) is 10.7. The summed E-state index contributed by atoms with van der Waals surface area (Å²) in [4.78, 5) is 24.4. The van der Waals surface area contributed by atoms with Crippen molar-refractivity contribution in [3.05, 3.63) is 70.1 Å². The van der Waals surface area contributed by atoms with Gasteiger partial charge < -0.3 is 5.32 Å². The summed E-state index contributed by atoms with van der Waals surface area (Å²) < 4.78 is 27.2. The fourth-order valence-electron chi connectivity index (χ4n) is 2.23. The first-order chi connectivity index (χ1) is 11.0. The highest BCUT2D eigenvalue weighted by atomic mass is 19.2. The summed E-state index contributed by atoms with van der Waals surface area (Å²) in [5.41, 5.74) is -0.217. The molecule has 0 radical (unpaired) electrons. The molecule has 0 fully saturated rings. The van der Waals surface area contributed by atoms with Gasteiger partial charge in [-0.3, -0.25) is 9.59 Å². The zero-order chi connectivity index (χ0) is 16.6. The van der Waals surface area contributed by atoms with E-state index >= 15 is 0 Å². The van der Waals surface area contributed by atoms with Gasteiger partial charge in [0.15, 0.2) is 17.3 Å². The molecule has 0 atom stereocenters. The zero-order valence-corrected chi connectivity index (χ0v) is 12.0. The van der Waals surface area contributed by atoms with Gasteiger partial charge >= 0.3 is 0 Å². The number of halogens is 2. The van der Waals surface area contributed by atoms with E-state index in [1.54, 1.807) is 24.3 Å². The van der Waals surface area contributed by atoms with Gasteiger partial charge in [0.25, 0.3) is 11.5 Å². The lowest BCUT2D eigenvalue weighted by molar-refractivity contribution is 0.102. The third-order valence-electron chi connectivity index (χ3n) is 3.35. The van der Waals surface area contributed by atoms with Gasteiger partial charge in [-0.1, -0.05) is 18.2 Å². The summed E-state index contributed by atoms with van der Waals surface area (Å²) in [5, 5.41) is 7.14. The molecular formula is C16H11F2N3O2. The minimum Gasteiger partial charge on any atom is -0.320 e. The van der Waals surface area contributed by atoms with Crippen LogP contribution in [0.5, 0.6) is 0 Å². The molecule has 3 aromatic rings. The third-order valence-corrected chi connectivity index (χ3v) is 3.35. The number of anilines is 1. The molecule has 0 spiro atoms. The van der Waals surface area contributed by atoms with Crippen LogP contribution in [0, 0.1) is 11.6 Å². The third kappa shape index (κ3) is 2.68. The van der Waals surface area contributed by atoms with E-state index in [-0.39, 0.29) is 16.9 Å². The van der Waals surface area contributed by atoms with Gasteiger partial charge in [0.1, 0.15) is 0 Å². The quantitative estimate of drug-likeness (QED) is 0.790. The Morgan fingerprint density at radius 1 is 1.09 bits per heavy atom. The second kappa shape index (κ2) is 5.60. The van der Waals surface area contributed by atoms with Gasteiger partial charge in [-0.15, -0.1) is 0 Å². The van der Waals surface area contributed by atoms with E-state index in [1.165, 1.54) is 13.1 Å². The Morgan fingerprint density at radius 2 is 1.78 bits per heavy atom. The first kappa shape index (κ1) is 14.8. The van der Waals surface area contributed by atoms with Crippen LogP contribution in [0.2, 0.25) is 0 Å². The van der Waals surface area contributed by atoms with Crippen LogP contribution < -0.4 is 10.9 Å². The van der Waals surface area contributed by atoms with Crippen molar-refractivity contribution >= 4 is 22.4 Å². The number of hydrogen-bond donors (Lipinski definition) is 1. The van der Waals surface area contributed by atoms with E-state index in [0.29, 0.717) is 10.8 Å². The maximum absolute atomic E-state index is 13.2. The fraction of sp³-hybridized carbons (Fsp3) is 0.0625. The number of carbonyl (C=O) groups excluding carboxylic acids is 1. The summed E-state index contributed by atoms with van der Waals surface area (Å²) in [6.07, 6.45) is 0. The molecule has 2 aromatic carbocycles. The van der Waals surface area contributed by atoms with Crippen LogP contribution in [-0.4, -0.2) is 15.7 Å². The van der Waals surface area contributed by atoms with Gasteiger partial charge in [0.05, 0.1) is 5.39 Å². The molecule has 0 saturated carbocycles. The van der Waals surface area contributed by atoms with Crippen molar-refractivity contribution in [2.24, 2.45) is 7.05 Å². The number of benzene rings is 2. The summed E-state index contributed by atoms with van der Waals surface area (Å²) >= 11 is 0. The molecule has 116 valence electrons. The molecule has 0 aliphatic heterocycles. The molecule has 0 bridgehead atoms. The van der Waals surface area contributed by atoms with Crippen LogP contribution in [0.1, 0.15) is 10.5 Å². The summed E-state index contributed by atoms with van der Waals surface area (Å²) in [5.74, 6) is -2.70. The summed E-state index contributed by atoms with van der Waals surface area (Å²) in [6, 6.07) is 9.57. The van der Waals surface area contributed by atoms with Crippen molar-refractivity contribution in [3.63, 3.8) is 0 Å². The molecule has 7 heteroatoms. The number of amides is 1. The number of nitrogens with one attached hydrogen (secondary N) is 1. The number of fused-ring (bicyclic) bond motifs is 1. The zero-order valence-electron chi connectivity index (χ0n) is 12.0. The van der Waals surface area contributed by atoms with Crippen LogP contribution in [0.15, 0.2) is 47.3 Å². The number of carbonyl (C=O) groups is 1. The highest BCUT2D eigenvalue weighted by Crippen LogP contribution is 2.17. The maximum atomic E-state index is 13.2. The molecule has 3 rings (SSSR count). The van der Waals surface area contributed by atoms with E-state index in [4.69, 9.17) is 0 Å².